The van der Waals surface area contributed by atoms with Gasteiger partial charge in [0.15, 0.2) is 11.0 Å². The summed E-state index contributed by atoms with van der Waals surface area (Å²) in [6, 6.07) is 16.2. The Kier molecular flexibility index (Phi) is 10.2. The third kappa shape index (κ3) is 8.03. The predicted molar refractivity (Wildman–Crippen MR) is 170 cm³/mol. The van der Waals surface area contributed by atoms with Crippen LogP contribution >= 0.6 is 11.8 Å². The molecule has 14 heteroatoms. The van der Waals surface area contributed by atoms with Gasteiger partial charge >= 0.3 is 12.4 Å². The van der Waals surface area contributed by atoms with Crippen molar-refractivity contribution in [1.29, 1.82) is 0 Å². The van der Waals surface area contributed by atoms with Crippen LogP contribution in [0.4, 0.5) is 26.3 Å². The zero-order chi connectivity index (χ0) is 34.8. The normalized spacial score (nSPS) is 15.6. The molecule has 1 aliphatic heterocycles. The molecule has 1 aliphatic rings. The molecule has 2 amide bonds. The van der Waals surface area contributed by atoms with Gasteiger partial charge < -0.3 is 9.80 Å². The van der Waals surface area contributed by atoms with E-state index in [-0.39, 0.29) is 38.0 Å². The second-order valence-corrected chi connectivity index (χ2v) is 12.8. The number of aromatic nitrogens is 3. The number of thioether (sulfide) groups is 1. The average Bonchev–Trinajstić information content (AvgIpc) is 3.46. The number of carbonyl (C=O) groups is 2. The average molecular weight is 690 g/mol. The smallest absolute Gasteiger partial charge is 0.339 e. The van der Waals surface area contributed by atoms with Crippen LogP contribution in [0.5, 0.6) is 0 Å². The number of carbonyl (C=O) groups excluding carboxylic acids is 2. The minimum Gasteiger partial charge on any atom is -0.339 e. The number of hydrogen-bond donors (Lipinski definition) is 0. The number of piperazine rings is 1. The van der Waals surface area contributed by atoms with Crippen LogP contribution in [-0.4, -0.2) is 67.8 Å². The molecule has 1 aromatic heterocycles. The molecule has 1 unspecified atom stereocenters. The van der Waals surface area contributed by atoms with Gasteiger partial charge in [-0.25, -0.2) is 0 Å². The highest BCUT2D eigenvalue weighted by Gasteiger charge is 2.39. The lowest BCUT2D eigenvalue weighted by Gasteiger charge is -2.40. The molecule has 48 heavy (non-hydrogen) atoms. The van der Waals surface area contributed by atoms with Crippen LogP contribution in [-0.2, 0) is 17.1 Å². The lowest BCUT2D eigenvalue weighted by molar-refractivity contribution is -0.143. The molecule has 0 aliphatic carbocycles. The summed E-state index contributed by atoms with van der Waals surface area (Å²) >= 11 is 1.47. The predicted octanol–water partition coefficient (Wildman–Crippen LogP) is 7.83. The minimum atomic E-state index is -5.06. The maximum Gasteiger partial charge on any atom is 0.416 e. The molecule has 2 heterocycles. The Morgan fingerprint density at radius 3 is 1.98 bits per heavy atom. The minimum absolute atomic E-state index is 0.00949. The third-order valence-electron chi connectivity index (χ3n) is 8.08. The van der Waals surface area contributed by atoms with Crippen LogP contribution in [0, 0.1) is 13.8 Å². The van der Waals surface area contributed by atoms with Gasteiger partial charge in [0, 0.05) is 54.7 Å². The number of rotatable bonds is 8. The molecule has 5 rings (SSSR count). The number of alkyl halides is 6. The van der Waals surface area contributed by atoms with E-state index in [4.69, 9.17) is 0 Å². The van der Waals surface area contributed by atoms with Gasteiger partial charge in [-0.15, -0.1) is 10.2 Å². The first kappa shape index (κ1) is 35.0. The molecule has 0 N–H and O–H groups in total. The summed E-state index contributed by atoms with van der Waals surface area (Å²) in [5.41, 5.74) is 0.244. The van der Waals surface area contributed by atoms with Crippen LogP contribution in [0.3, 0.4) is 0 Å². The Morgan fingerprint density at radius 1 is 0.833 bits per heavy atom. The van der Waals surface area contributed by atoms with E-state index in [1.807, 2.05) is 66.9 Å². The van der Waals surface area contributed by atoms with Gasteiger partial charge in [-0.05, 0) is 57.5 Å². The van der Waals surface area contributed by atoms with Gasteiger partial charge in [-0.1, -0.05) is 59.3 Å². The highest BCUT2D eigenvalue weighted by molar-refractivity contribution is 7.99. The zero-order valence-electron chi connectivity index (χ0n) is 26.4. The van der Waals surface area contributed by atoms with Crippen molar-refractivity contribution < 1.29 is 35.9 Å². The van der Waals surface area contributed by atoms with Crippen LogP contribution in [0.15, 0.2) is 71.9 Å². The molecule has 254 valence electrons. The van der Waals surface area contributed by atoms with Crippen LogP contribution in [0.1, 0.15) is 52.4 Å². The Hall–Kier alpha value is -4.33. The fourth-order valence-electron chi connectivity index (χ4n) is 5.45. The SMILES string of the molecule is Cc1ccc(-c2nnc(SCCCC(=O)N3CCN(C(=O)c4cc(C(F)(F)F)cc(C(F)(F)F)c4)C(C)C3)n2-c2ccc(C)cc2)cc1. The second-order valence-electron chi connectivity index (χ2n) is 11.8. The lowest BCUT2D eigenvalue weighted by Crippen LogP contribution is -2.55. The zero-order valence-corrected chi connectivity index (χ0v) is 27.2. The van der Waals surface area contributed by atoms with Crippen molar-refractivity contribution in [3.8, 4) is 17.1 Å². The van der Waals surface area contributed by atoms with E-state index in [9.17, 15) is 35.9 Å². The topological polar surface area (TPSA) is 71.3 Å². The highest BCUT2D eigenvalue weighted by Crippen LogP contribution is 2.37. The first-order valence-corrected chi connectivity index (χ1v) is 16.2. The first-order chi connectivity index (χ1) is 22.6. The molecule has 7 nitrogen and oxygen atoms in total. The van der Waals surface area contributed by atoms with E-state index in [0.717, 1.165) is 22.4 Å². The quantitative estimate of drug-likeness (QED) is 0.107. The molecule has 1 fully saturated rings. The number of halogens is 6. The molecule has 0 saturated carbocycles. The molecule has 1 saturated heterocycles. The van der Waals surface area contributed by atoms with Gasteiger partial charge in [-0.2, -0.15) is 26.3 Å². The van der Waals surface area contributed by atoms with E-state index < -0.39 is 41.0 Å². The highest BCUT2D eigenvalue weighted by atomic mass is 32.2. The van der Waals surface area contributed by atoms with Crippen molar-refractivity contribution >= 4 is 23.6 Å². The number of benzene rings is 3. The van der Waals surface area contributed by atoms with Crippen LogP contribution in [0.2, 0.25) is 0 Å². The summed E-state index contributed by atoms with van der Waals surface area (Å²) in [4.78, 5) is 29.0. The number of hydrogen-bond acceptors (Lipinski definition) is 5. The molecule has 0 radical (unpaired) electrons. The standard InChI is InChI=1S/C34H33F6N5O2S/c1-21-6-10-24(11-7-21)30-41-42-32(45(30)28-12-8-22(2)9-13-28)48-16-4-5-29(46)43-14-15-44(23(3)20-43)31(47)25-17-26(33(35,36)37)19-27(18-25)34(38,39)40/h6-13,17-19,23H,4-5,14-16,20H2,1-3H3. The van der Waals surface area contributed by atoms with Crippen LogP contribution < -0.4 is 0 Å². The third-order valence-corrected chi connectivity index (χ3v) is 9.09. The monoisotopic (exact) mass is 689 g/mol. The van der Waals surface area contributed by atoms with Gasteiger partial charge in [0.25, 0.3) is 5.91 Å². The van der Waals surface area contributed by atoms with Crippen molar-refractivity contribution in [2.24, 2.45) is 0 Å². The van der Waals surface area contributed by atoms with E-state index in [1.54, 1.807) is 11.8 Å². The summed E-state index contributed by atoms with van der Waals surface area (Å²) in [5.74, 6) is 0.145. The summed E-state index contributed by atoms with van der Waals surface area (Å²) < 4.78 is 82.0. The first-order valence-electron chi connectivity index (χ1n) is 15.2. The molecule has 1 atom stereocenters. The summed E-state index contributed by atoms with van der Waals surface area (Å²) in [5, 5.41) is 9.57. The Morgan fingerprint density at radius 2 is 1.42 bits per heavy atom. The van der Waals surface area contributed by atoms with E-state index >= 15 is 0 Å². The Balaban J connectivity index is 1.20. The van der Waals surface area contributed by atoms with Crippen molar-refractivity contribution in [2.45, 2.75) is 57.2 Å². The van der Waals surface area contributed by atoms with Gasteiger partial charge in [0.1, 0.15) is 0 Å². The lowest BCUT2D eigenvalue weighted by atomic mass is 10.0. The molecular formula is C34H33F6N5O2S. The Labute approximate surface area is 277 Å². The molecular weight excluding hydrogens is 656 g/mol. The van der Waals surface area contributed by atoms with Crippen molar-refractivity contribution in [3.05, 3.63) is 94.5 Å². The van der Waals surface area contributed by atoms with E-state index in [2.05, 4.69) is 10.2 Å². The van der Waals surface area contributed by atoms with Gasteiger partial charge in [0.2, 0.25) is 5.91 Å². The summed E-state index contributed by atoms with van der Waals surface area (Å²) in [6.45, 7) is 5.80. The van der Waals surface area contributed by atoms with E-state index in [1.165, 1.54) is 16.7 Å². The Bertz CT molecular complexity index is 1740. The van der Waals surface area contributed by atoms with Crippen LogP contribution in [0.25, 0.3) is 17.1 Å². The molecule has 0 bridgehead atoms. The second kappa shape index (κ2) is 14.0. The largest absolute Gasteiger partial charge is 0.416 e. The molecule has 0 spiro atoms. The van der Waals surface area contributed by atoms with Crippen molar-refractivity contribution in [2.75, 3.05) is 25.4 Å². The van der Waals surface area contributed by atoms with Crippen molar-refractivity contribution in [3.63, 3.8) is 0 Å². The van der Waals surface area contributed by atoms with E-state index in [0.29, 0.717) is 35.3 Å². The number of aryl methyl sites for hydroxylation is 2. The van der Waals surface area contributed by atoms with Gasteiger partial charge in [0.05, 0.1) is 11.1 Å². The summed E-state index contributed by atoms with van der Waals surface area (Å²) in [6.07, 6.45) is -9.40. The fraction of sp³-hybridized carbons (Fsp3) is 0.353. The number of amides is 2. The maximum atomic E-state index is 13.3. The van der Waals surface area contributed by atoms with Crippen molar-refractivity contribution in [1.82, 2.24) is 24.6 Å². The van der Waals surface area contributed by atoms with Gasteiger partial charge in [-0.3, -0.25) is 14.2 Å². The molecule has 4 aromatic rings. The maximum absolute atomic E-state index is 13.3. The number of nitrogens with zero attached hydrogens (tertiary/aromatic N) is 5. The molecule has 3 aromatic carbocycles. The fourth-order valence-corrected chi connectivity index (χ4v) is 6.35. The summed E-state index contributed by atoms with van der Waals surface area (Å²) in [7, 11) is 0.